The van der Waals surface area contributed by atoms with Gasteiger partial charge in [0.05, 0.1) is 22.1 Å². The molecule has 0 unspecified atom stereocenters. The minimum Gasteiger partial charge on any atom is -0.492 e. The summed E-state index contributed by atoms with van der Waals surface area (Å²) < 4.78 is 7.38. The van der Waals surface area contributed by atoms with Crippen LogP contribution in [0.4, 0.5) is 10.5 Å². The first-order chi connectivity index (χ1) is 15.4. The molecule has 2 aromatic carbocycles. The zero-order valence-electron chi connectivity index (χ0n) is 17.1. The molecule has 1 aliphatic heterocycles. The Kier molecular flexibility index (Phi) is 6.09. The fourth-order valence-corrected chi connectivity index (χ4v) is 4.14. The highest BCUT2D eigenvalue weighted by atomic mass is 32.2. The number of carbonyl (C=O) groups excluding carboxylic acids is 2. The fraction of sp³-hybridized carbons (Fsp3) is 0.130. The third-order valence-electron chi connectivity index (χ3n) is 4.82. The van der Waals surface area contributed by atoms with Gasteiger partial charge in [-0.1, -0.05) is 18.2 Å². The first-order valence-corrected chi connectivity index (χ1v) is 10.6. The van der Waals surface area contributed by atoms with Crippen molar-refractivity contribution >= 4 is 34.7 Å². The van der Waals surface area contributed by atoms with E-state index in [0.717, 1.165) is 22.2 Å². The van der Waals surface area contributed by atoms with Crippen LogP contribution in [0.3, 0.4) is 0 Å². The number of rotatable bonds is 7. The summed E-state index contributed by atoms with van der Waals surface area (Å²) in [7, 11) is 0. The van der Waals surface area contributed by atoms with Gasteiger partial charge in [-0.2, -0.15) is 0 Å². The van der Waals surface area contributed by atoms with Gasteiger partial charge in [-0.25, -0.2) is 0 Å². The topological polar surface area (TPSA) is 94.7 Å². The summed E-state index contributed by atoms with van der Waals surface area (Å²) in [6.07, 6.45) is 3.36. The monoisotopic (exact) mass is 449 g/mol. The largest absolute Gasteiger partial charge is 0.492 e. The van der Waals surface area contributed by atoms with E-state index in [2.05, 4.69) is 0 Å². The molecule has 3 aromatic rings. The van der Waals surface area contributed by atoms with E-state index in [1.807, 2.05) is 31.2 Å². The second-order valence-electron chi connectivity index (χ2n) is 7.08. The lowest BCUT2D eigenvalue weighted by molar-refractivity contribution is -0.384. The Balaban J connectivity index is 1.48. The normalized spacial score (nSPS) is 14.9. The minimum atomic E-state index is -0.461. The lowest BCUT2D eigenvalue weighted by Gasteiger charge is -2.13. The lowest BCUT2D eigenvalue weighted by atomic mass is 10.2. The SMILES string of the molecule is Cc1cccc(OCCN2C(=O)S/C(=C\c3cccn3-c3cccc([N+](=O)[O-])c3)C2=O)c1. The number of thioether (sulfide) groups is 1. The zero-order chi connectivity index (χ0) is 22.7. The number of amides is 2. The first-order valence-electron chi connectivity index (χ1n) is 9.79. The quantitative estimate of drug-likeness (QED) is 0.292. The van der Waals surface area contributed by atoms with Gasteiger partial charge in [-0.15, -0.1) is 0 Å². The fourth-order valence-electron chi connectivity index (χ4n) is 3.29. The van der Waals surface area contributed by atoms with Crippen molar-refractivity contribution in [3.63, 3.8) is 0 Å². The Bertz CT molecular complexity index is 1230. The van der Waals surface area contributed by atoms with E-state index in [9.17, 15) is 19.7 Å². The summed E-state index contributed by atoms with van der Waals surface area (Å²) in [6, 6.07) is 17.3. The molecule has 0 atom stereocenters. The molecule has 4 rings (SSSR count). The van der Waals surface area contributed by atoms with Crippen LogP contribution in [0.25, 0.3) is 11.8 Å². The Morgan fingerprint density at radius 1 is 1.09 bits per heavy atom. The van der Waals surface area contributed by atoms with E-state index in [1.54, 1.807) is 41.1 Å². The summed E-state index contributed by atoms with van der Waals surface area (Å²) in [6.45, 7) is 2.29. The van der Waals surface area contributed by atoms with Crippen LogP contribution in [0.1, 0.15) is 11.3 Å². The van der Waals surface area contributed by atoms with Gasteiger partial charge in [0.1, 0.15) is 12.4 Å². The van der Waals surface area contributed by atoms with Crippen LogP contribution >= 0.6 is 11.8 Å². The second-order valence-corrected chi connectivity index (χ2v) is 8.07. The average molecular weight is 449 g/mol. The number of aromatic nitrogens is 1. The van der Waals surface area contributed by atoms with Crippen LogP contribution in [-0.2, 0) is 4.79 Å². The molecule has 9 heteroatoms. The van der Waals surface area contributed by atoms with E-state index in [0.29, 0.717) is 17.1 Å². The Morgan fingerprint density at radius 2 is 1.91 bits per heavy atom. The average Bonchev–Trinajstić information content (AvgIpc) is 3.34. The smallest absolute Gasteiger partial charge is 0.293 e. The third-order valence-corrected chi connectivity index (χ3v) is 5.73. The van der Waals surface area contributed by atoms with Crippen LogP contribution in [0, 0.1) is 17.0 Å². The maximum atomic E-state index is 12.8. The van der Waals surface area contributed by atoms with Gasteiger partial charge >= 0.3 is 0 Å². The molecule has 0 radical (unpaired) electrons. The molecule has 1 aliphatic rings. The molecule has 0 aliphatic carbocycles. The van der Waals surface area contributed by atoms with Crippen LogP contribution in [-0.4, -0.2) is 38.7 Å². The van der Waals surface area contributed by atoms with Gasteiger partial charge in [0.25, 0.3) is 16.8 Å². The van der Waals surface area contributed by atoms with Gasteiger partial charge in [-0.05, 0) is 60.7 Å². The Labute approximate surface area is 188 Å². The van der Waals surface area contributed by atoms with Crippen molar-refractivity contribution in [3.8, 4) is 11.4 Å². The Hall–Kier alpha value is -3.85. The number of nitro groups is 1. The van der Waals surface area contributed by atoms with Crippen molar-refractivity contribution in [2.75, 3.05) is 13.2 Å². The molecule has 0 N–H and O–H groups in total. The number of imide groups is 1. The first kappa shape index (κ1) is 21.4. The van der Waals surface area contributed by atoms with Gasteiger partial charge in [-0.3, -0.25) is 24.6 Å². The van der Waals surface area contributed by atoms with E-state index < -0.39 is 4.92 Å². The van der Waals surface area contributed by atoms with Crippen molar-refractivity contribution < 1.29 is 19.2 Å². The molecule has 2 heterocycles. The highest BCUT2D eigenvalue weighted by Crippen LogP contribution is 2.32. The van der Waals surface area contributed by atoms with Crippen LogP contribution in [0.2, 0.25) is 0 Å². The number of ether oxygens (including phenoxy) is 1. The summed E-state index contributed by atoms with van der Waals surface area (Å²) in [5.74, 6) is 0.293. The Morgan fingerprint density at radius 3 is 2.69 bits per heavy atom. The number of nitro benzene ring substituents is 1. The number of benzene rings is 2. The molecule has 0 saturated carbocycles. The summed E-state index contributed by atoms with van der Waals surface area (Å²) >= 11 is 0.862. The summed E-state index contributed by atoms with van der Waals surface area (Å²) in [5.41, 5.74) is 2.24. The second kappa shape index (κ2) is 9.11. The van der Waals surface area contributed by atoms with E-state index in [-0.39, 0.29) is 34.9 Å². The van der Waals surface area contributed by atoms with Crippen LogP contribution in [0.5, 0.6) is 5.75 Å². The maximum absolute atomic E-state index is 12.8. The molecule has 0 bridgehead atoms. The maximum Gasteiger partial charge on any atom is 0.293 e. The predicted molar refractivity (Wildman–Crippen MR) is 122 cm³/mol. The van der Waals surface area contributed by atoms with Gasteiger partial charge in [0.15, 0.2) is 0 Å². The molecule has 2 amide bonds. The van der Waals surface area contributed by atoms with E-state index in [4.69, 9.17) is 4.74 Å². The molecule has 1 fully saturated rings. The molecular weight excluding hydrogens is 430 g/mol. The number of hydrogen-bond donors (Lipinski definition) is 0. The number of aryl methyl sites for hydroxylation is 1. The summed E-state index contributed by atoms with van der Waals surface area (Å²) in [5, 5.41) is 10.7. The molecule has 0 spiro atoms. The lowest BCUT2D eigenvalue weighted by Crippen LogP contribution is -2.32. The van der Waals surface area contributed by atoms with Crippen molar-refractivity contribution in [1.82, 2.24) is 9.47 Å². The number of hydrogen-bond acceptors (Lipinski definition) is 6. The van der Waals surface area contributed by atoms with Gasteiger partial charge in [0, 0.05) is 24.0 Å². The highest BCUT2D eigenvalue weighted by Gasteiger charge is 2.35. The van der Waals surface area contributed by atoms with Crippen LogP contribution in [0.15, 0.2) is 71.8 Å². The minimum absolute atomic E-state index is 0.0314. The molecule has 162 valence electrons. The van der Waals surface area contributed by atoms with Gasteiger partial charge < -0.3 is 9.30 Å². The number of nitrogens with zero attached hydrogens (tertiary/aromatic N) is 3. The molecule has 1 aromatic heterocycles. The molecule has 8 nitrogen and oxygen atoms in total. The predicted octanol–water partition coefficient (Wildman–Crippen LogP) is 4.81. The van der Waals surface area contributed by atoms with Gasteiger partial charge in [0.2, 0.25) is 0 Å². The summed E-state index contributed by atoms with van der Waals surface area (Å²) in [4.78, 5) is 37.2. The number of non-ortho nitro benzene ring substituents is 1. The van der Waals surface area contributed by atoms with Crippen LogP contribution < -0.4 is 4.74 Å². The van der Waals surface area contributed by atoms with Crippen molar-refractivity contribution in [3.05, 3.63) is 93.1 Å². The molecule has 1 saturated heterocycles. The highest BCUT2D eigenvalue weighted by molar-refractivity contribution is 8.18. The van der Waals surface area contributed by atoms with Crippen molar-refractivity contribution in [1.29, 1.82) is 0 Å². The van der Waals surface area contributed by atoms with Crippen molar-refractivity contribution in [2.24, 2.45) is 0 Å². The van der Waals surface area contributed by atoms with E-state index >= 15 is 0 Å². The standard InChI is InChI=1S/C23H19N3O5S/c1-16-5-2-9-20(13-16)31-12-11-25-22(27)21(32-23(25)28)15-18-8-4-10-24(18)17-6-3-7-19(14-17)26(29)30/h2-10,13-15H,11-12H2,1H3/b21-15-. The number of carbonyl (C=O) groups is 2. The molecular formula is C23H19N3O5S. The third kappa shape index (κ3) is 4.57. The van der Waals surface area contributed by atoms with Crippen molar-refractivity contribution in [2.45, 2.75) is 6.92 Å². The zero-order valence-corrected chi connectivity index (χ0v) is 18.0. The van der Waals surface area contributed by atoms with E-state index in [1.165, 1.54) is 12.1 Å². The molecule has 32 heavy (non-hydrogen) atoms.